The summed E-state index contributed by atoms with van der Waals surface area (Å²) in [6, 6.07) is 11.5. The summed E-state index contributed by atoms with van der Waals surface area (Å²) in [6.45, 7) is 7.40. The molecule has 146 valence electrons. The lowest BCUT2D eigenvalue weighted by molar-refractivity contribution is -0.115. The van der Waals surface area contributed by atoms with Gasteiger partial charge in [0.25, 0.3) is 5.91 Å². The van der Waals surface area contributed by atoms with Crippen LogP contribution < -0.4 is 20.4 Å². The van der Waals surface area contributed by atoms with Gasteiger partial charge < -0.3 is 15.1 Å². The number of nitrogens with one attached hydrogen (secondary N) is 2. The first-order chi connectivity index (χ1) is 13.7. The summed E-state index contributed by atoms with van der Waals surface area (Å²) < 4.78 is 0. The number of piperazine rings is 1. The molecule has 2 fully saturated rings. The predicted molar refractivity (Wildman–Crippen MR) is 109 cm³/mol. The summed E-state index contributed by atoms with van der Waals surface area (Å²) in [5.41, 5.74) is 1.98. The third-order valence-corrected chi connectivity index (χ3v) is 4.36. The van der Waals surface area contributed by atoms with Crippen molar-refractivity contribution in [3.63, 3.8) is 0 Å². The van der Waals surface area contributed by atoms with Gasteiger partial charge in [-0.25, -0.2) is 14.8 Å². The van der Waals surface area contributed by atoms with Crippen LogP contribution in [0, 0.1) is 0 Å². The van der Waals surface area contributed by atoms with E-state index in [2.05, 4.69) is 42.5 Å². The van der Waals surface area contributed by atoms with Crippen LogP contribution in [0.1, 0.15) is 19.5 Å². The molecular formula is C20H24N6O2. The molecule has 28 heavy (non-hydrogen) atoms. The molecule has 1 aromatic heterocycles. The lowest BCUT2D eigenvalue weighted by atomic mass is 10.2. The van der Waals surface area contributed by atoms with Gasteiger partial charge in [-0.2, -0.15) is 0 Å². The van der Waals surface area contributed by atoms with Crippen molar-refractivity contribution in [1.82, 2.24) is 20.6 Å². The Morgan fingerprint density at radius 3 is 2.25 bits per heavy atom. The number of amides is 3. The Hall–Kier alpha value is -3.42. The maximum absolute atomic E-state index is 11.6. The molecule has 0 spiro atoms. The molecule has 2 aromatic rings. The average molecular weight is 380 g/mol. The molecule has 2 aliphatic heterocycles. The summed E-state index contributed by atoms with van der Waals surface area (Å²) in [4.78, 5) is 36.1. The first-order valence-corrected chi connectivity index (χ1v) is 9.41. The van der Waals surface area contributed by atoms with Gasteiger partial charge >= 0.3 is 6.03 Å². The molecule has 4 rings (SSSR count). The number of urea groups is 1. The van der Waals surface area contributed by atoms with Crippen molar-refractivity contribution in [3.8, 4) is 0 Å². The number of benzene rings is 1. The predicted octanol–water partition coefficient (Wildman–Crippen LogP) is 2.01. The number of hydrogen-bond donors (Lipinski definition) is 2. The van der Waals surface area contributed by atoms with Crippen molar-refractivity contribution in [2.75, 3.05) is 36.0 Å². The molecule has 2 saturated heterocycles. The van der Waals surface area contributed by atoms with Crippen LogP contribution >= 0.6 is 0 Å². The molecule has 0 atom stereocenters. The highest BCUT2D eigenvalue weighted by molar-refractivity contribution is 6.13. The highest BCUT2D eigenvalue weighted by Crippen LogP contribution is 2.18. The Morgan fingerprint density at radius 2 is 1.61 bits per heavy atom. The van der Waals surface area contributed by atoms with Gasteiger partial charge in [0.1, 0.15) is 5.70 Å². The second-order valence-corrected chi connectivity index (χ2v) is 6.06. The molecule has 0 aliphatic carbocycles. The van der Waals surface area contributed by atoms with Gasteiger partial charge in [-0.1, -0.05) is 32.0 Å². The van der Waals surface area contributed by atoms with E-state index in [9.17, 15) is 9.59 Å². The van der Waals surface area contributed by atoms with Gasteiger partial charge in [-0.05, 0) is 24.3 Å². The smallest absolute Gasteiger partial charge is 0.326 e. The molecular weight excluding hydrogens is 356 g/mol. The van der Waals surface area contributed by atoms with Crippen LogP contribution in [-0.4, -0.2) is 48.1 Å². The zero-order valence-electron chi connectivity index (χ0n) is 16.1. The summed E-state index contributed by atoms with van der Waals surface area (Å²) in [7, 11) is 0. The number of hydrogen-bond acceptors (Lipinski definition) is 6. The maximum atomic E-state index is 11.6. The average Bonchev–Trinajstić information content (AvgIpc) is 3.07. The second-order valence-electron chi connectivity index (χ2n) is 6.06. The third-order valence-electron chi connectivity index (χ3n) is 4.36. The molecule has 8 heteroatoms. The van der Waals surface area contributed by atoms with Crippen molar-refractivity contribution in [2.24, 2.45) is 0 Å². The highest BCUT2D eigenvalue weighted by Gasteiger charge is 2.23. The third kappa shape index (κ3) is 4.46. The molecule has 8 nitrogen and oxygen atoms in total. The summed E-state index contributed by atoms with van der Waals surface area (Å²) >= 11 is 0. The fourth-order valence-electron chi connectivity index (χ4n) is 3.03. The zero-order valence-corrected chi connectivity index (χ0v) is 16.1. The molecule has 3 heterocycles. The monoisotopic (exact) mass is 380 g/mol. The SMILES string of the molecule is CC.O=C1NC(=O)/C(=C/c2ccnc(N3CCN(c4ccccc4)CC3)n2)N1. The number of aromatic nitrogens is 2. The van der Waals surface area contributed by atoms with E-state index < -0.39 is 11.9 Å². The van der Waals surface area contributed by atoms with Gasteiger partial charge in [0, 0.05) is 38.1 Å². The second kappa shape index (κ2) is 8.98. The number of carbonyl (C=O) groups excluding carboxylic acids is 2. The van der Waals surface area contributed by atoms with Crippen LogP contribution in [0.25, 0.3) is 6.08 Å². The van der Waals surface area contributed by atoms with Gasteiger partial charge in [0.05, 0.1) is 5.69 Å². The Bertz CT molecular complexity index is 860. The van der Waals surface area contributed by atoms with Crippen molar-refractivity contribution in [1.29, 1.82) is 0 Å². The van der Waals surface area contributed by atoms with Crippen LogP contribution in [0.5, 0.6) is 0 Å². The fraction of sp³-hybridized carbons (Fsp3) is 0.300. The normalized spacial score (nSPS) is 17.7. The van der Waals surface area contributed by atoms with Gasteiger partial charge in [0.15, 0.2) is 0 Å². The number of nitrogens with zero attached hydrogens (tertiary/aromatic N) is 4. The number of carbonyl (C=O) groups is 2. The van der Waals surface area contributed by atoms with E-state index in [0.29, 0.717) is 11.6 Å². The zero-order chi connectivity index (χ0) is 19.9. The van der Waals surface area contributed by atoms with Crippen molar-refractivity contribution in [2.45, 2.75) is 13.8 Å². The van der Waals surface area contributed by atoms with Crippen molar-refractivity contribution in [3.05, 3.63) is 54.0 Å². The van der Waals surface area contributed by atoms with E-state index in [1.165, 1.54) is 5.69 Å². The molecule has 0 bridgehead atoms. The van der Waals surface area contributed by atoms with Crippen molar-refractivity contribution >= 4 is 29.7 Å². The number of anilines is 2. The first-order valence-electron chi connectivity index (χ1n) is 9.41. The first kappa shape index (κ1) is 19.3. The topological polar surface area (TPSA) is 90.5 Å². The quantitative estimate of drug-likeness (QED) is 0.625. The highest BCUT2D eigenvalue weighted by atomic mass is 16.2. The van der Waals surface area contributed by atoms with E-state index in [4.69, 9.17) is 0 Å². The molecule has 0 unspecified atom stereocenters. The molecule has 3 amide bonds. The summed E-state index contributed by atoms with van der Waals surface area (Å²) in [6.07, 6.45) is 3.21. The molecule has 0 radical (unpaired) electrons. The molecule has 1 aromatic carbocycles. The molecule has 2 aliphatic rings. The Kier molecular flexibility index (Phi) is 6.21. The van der Waals surface area contributed by atoms with Crippen LogP contribution in [0.2, 0.25) is 0 Å². The van der Waals surface area contributed by atoms with Crippen LogP contribution in [0.4, 0.5) is 16.4 Å². The minimum absolute atomic E-state index is 0.188. The van der Waals surface area contributed by atoms with Crippen LogP contribution in [0.15, 0.2) is 48.3 Å². The maximum Gasteiger partial charge on any atom is 0.326 e. The Morgan fingerprint density at radius 1 is 0.929 bits per heavy atom. The number of imide groups is 1. The molecule has 0 saturated carbocycles. The van der Waals surface area contributed by atoms with E-state index in [1.807, 2.05) is 32.0 Å². The van der Waals surface area contributed by atoms with E-state index >= 15 is 0 Å². The van der Waals surface area contributed by atoms with E-state index in [-0.39, 0.29) is 5.70 Å². The summed E-state index contributed by atoms with van der Waals surface area (Å²) in [5.74, 6) is 0.170. The number of para-hydroxylation sites is 1. The largest absolute Gasteiger partial charge is 0.368 e. The van der Waals surface area contributed by atoms with Crippen molar-refractivity contribution < 1.29 is 9.59 Å². The minimum Gasteiger partial charge on any atom is -0.368 e. The minimum atomic E-state index is -0.521. The lowest BCUT2D eigenvalue weighted by Gasteiger charge is -2.36. The fourth-order valence-corrected chi connectivity index (χ4v) is 3.03. The van der Waals surface area contributed by atoms with Crippen LogP contribution in [0.3, 0.4) is 0 Å². The van der Waals surface area contributed by atoms with E-state index in [0.717, 1.165) is 26.2 Å². The Labute approximate surface area is 164 Å². The lowest BCUT2D eigenvalue weighted by Crippen LogP contribution is -2.47. The Balaban J connectivity index is 0.00000109. The summed E-state index contributed by atoms with van der Waals surface area (Å²) in [5, 5.41) is 4.62. The van der Waals surface area contributed by atoms with Gasteiger partial charge in [-0.15, -0.1) is 0 Å². The standard InChI is InChI=1S/C18H18N6O2.C2H6/c25-16-15(21-18(26)22-16)12-13-6-7-19-17(20-13)24-10-8-23(9-11-24)14-4-2-1-3-5-14;1-2/h1-7,12H,8-11H2,(H2,21,22,25,26);1-2H3/b15-12-;. The van der Waals surface area contributed by atoms with Gasteiger partial charge in [-0.3, -0.25) is 10.1 Å². The number of rotatable bonds is 3. The van der Waals surface area contributed by atoms with Crippen LogP contribution in [-0.2, 0) is 4.79 Å². The molecule has 2 N–H and O–H groups in total. The van der Waals surface area contributed by atoms with Gasteiger partial charge in [0.2, 0.25) is 5.95 Å². The van der Waals surface area contributed by atoms with E-state index in [1.54, 1.807) is 18.3 Å².